The van der Waals surface area contributed by atoms with Crippen LogP contribution in [0.1, 0.15) is 0 Å². The molecule has 0 amide bonds. The van der Waals surface area contributed by atoms with Gasteiger partial charge in [0.25, 0.3) is 0 Å². The first-order valence-electron chi connectivity index (χ1n) is 3.51. The lowest BCUT2D eigenvalue weighted by Crippen LogP contribution is -1.85. The van der Waals surface area contributed by atoms with Gasteiger partial charge in [0.05, 0.1) is 0 Å². The first-order chi connectivity index (χ1) is 6.34. The first kappa shape index (κ1) is 8.18. The summed E-state index contributed by atoms with van der Waals surface area (Å²) in [5.41, 5.74) is 0. The van der Waals surface area contributed by atoms with Crippen molar-refractivity contribution in [1.82, 2.24) is 20.6 Å². The van der Waals surface area contributed by atoms with Crippen molar-refractivity contribution in [2.45, 2.75) is 0 Å². The van der Waals surface area contributed by atoms with Crippen LogP contribution in [0.2, 0.25) is 0 Å². The third kappa shape index (κ3) is 2.03. The lowest BCUT2D eigenvalue weighted by molar-refractivity contribution is 0.442. The Morgan fingerprint density at radius 1 is 1.23 bits per heavy atom. The van der Waals surface area contributed by atoms with E-state index in [0.717, 1.165) is 4.47 Å². The van der Waals surface area contributed by atoms with Gasteiger partial charge in [0.2, 0.25) is 0 Å². The SMILES string of the molecule is Brc1ccc(Oc2nn[nH]n2)cc1. The Morgan fingerprint density at radius 3 is 2.62 bits per heavy atom. The molecule has 2 aromatic rings. The second-order valence-electron chi connectivity index (χ2n) is 2.25. The number of hydrogen-bond donors (Lipinski definition) is 1. The molecule has 1 aromatic heterocycles. The molecule has 0 radical (unpaired) electrons. The Hall–Kier alpha value is -1.43. The van der Waals surface area contributed by atoms with Crippen LogP contribution in [0.5, 0.6) is 11.8 Å². The fourth-order valence-electron chi connectivity index (χ4n) is 0.804. The van der Waals surface area contributed by atoms with Crippen molar-refractivity contribution in [2.75, 3.05) is 0 Å². The zero-order valence-corrected chi connectivity index (χ0v) is 8.02. The molecule has 0 atom stereocenters. The molecule has 0 saturated carbocycles. The van der Waals surface area contributed by atoms with Gasteiger partial charge in [-0.25, -0.2) is 0 Å². The lowest BCUT2D eigenvalue weighted by atomic mass is 10.3. The average Bonchev–Trinajstić information content (AvgIpc) is 2.62. The molecular formula is C7H5BrN4O. The number of aromatic amines is 1. The molecule has 0 spiro atoms. The van der Waals surface area contributed by atoms with Crippen molar-refractivity contribution in [3.63, 3.8) is 0 Å². The number of nitrogens with one attached hydrogen (secondary N) is 1. The van der Waals surface area contributed by atoms with Gasteiger partial charge in [-0.15, -0.1) is 0 Å². The molecule has 0 aliphatic rings. The maximum atomic E-state index is 5.24. The van der Waals surface area contributed by atoms with Gasteiger partial charge < -0.3 is 4.74 Å². The third-order valence-corrected chi connectivity index (χ3v) is 1.88. The normalized spacial score (nSPS) is 9.92. The fourth-order valence-corrected chi connectivity index (χ4v) is 1.07. The van der Waals surface area contributed by atoms with E-state index in [1.165, 1.54) is 0 Å². The van der Waals surface area contributed by atoms with E-state index >= 15 is 0 Å². The van der Waals surface area contributed by atoms with Gasteiger partial charge in [-0.3, -0.25) is 0 Å². The summed E-state index contributed by atoms with van der Waals surface area (Å²) >= 11 is 3.32. The zero-order chi connectivity index (χ0) is 9.10. The molecule has 0 fully saturated rings. The number of H-pyrrole nitrogens is 1. The Kier molecular flexibility index (Phi) is 2.22. The number of benzene rings is 1. The van der Waals surface area contributed by atoms with Crippen molar-refractivity contribution in [1.29, 1.82) is 0 Å². The number of hydrogen-bond acceptors (Lipinski definition) is 4. The van der Waals surface area contributed by atoms with Crippen molar-refractivity contribution in [3.8, 4) is 11.8 Å². The van der Waals surface area contributed by atoms with Gasteiger partial charge in [0, 0.05) is 4.47 Å². The first-order valence-corrected chi connectivity index (χ1v) is 4.31. The molecule has 1 heterocycles. The van der Waals surface area contributed by atoms with Crippen LogP contribution in [0.3, 0.4) is 0 Å². The lowest BCUT2D eigenvalue weighted by Gasteiger charge is -1.98. The van der Waals surface area contributed by atoms with Crippen LogP contribution in [0.4, 0.5) is 0 Å². The van der Waals surface area contributed by atoms with Crippen molar-refractivity contribution < 1.29 is 4.74 Å². The molecule has 5 nitrogen and oxygen atoms in total. The Bertz CT molecular complexity index is 372. The fraction of sp³-hybridized carbons (Fsp3) is 0. The number of rotatable bonds is 2. The largest absolute Gasteiger partial charge is 0.422 e. The summed E-state index contributed by atoms with van der Waals surface area (Å²) in [5, 5.41) is 13.0. The molecule has 0 saturated heterocycles. The second kappa shape index (κ2) is 3.53. The van der Waals surface area contributed by atoms with Gasteiger partial charge >= 0.3 is 6.01 Å². The standard InChI is InChI=1S/C7H5BrN4O/c8-5-1-3-6(4-2-5)13-7-9-11-12-10-7/h1-4H,(H,9,10,11,12). The van der Waals surface area contributed by atoms with Crippen molar-refractivity contribution in [2.24, 2.45) is 0 Å². The van der Waals surface area contributed by atoms with Crippen LogP contribution in [-0.4, -0.2) is 20.6 Å². The third-order valence-electron chi connectivity index (χ3n) is 1.35. The van der Waals surface area contributed by atoms with Gasteiger partial charge in [-0.05, 0) is 29.5 Å². The van der Waals surface area contributed by atoms with Crippen molar-refractivity contribution >= 4 is 15.9 Å². The van der Waals surface area contributed by atoms with E-state index in [4.69, 9.17) is 4.74 Å². The molecule has 2 rings (SSSR count). The maximum Gasteiger partial charge on any atom is 0.361 e. The number of ether oxygens (including phenoxy) is 1. The summed E-state index contributed by atoms with van der Waals surface area (Å²) in [4.78, 5) is 0. The van der Waals surface area contributed by atoms with Gasteiger partial charge in [-0.2, -0.15) is 5.21 Å². The number of tetrazole rings is 1. The minimum atomic E-state index is 0.210. The highest BCUT2D eigenvalue weighted by Gasteiger charge is 1.99. The van der Waals surface area contributed by atoms with Crippen molar-refractivity contribution in [3.05, 3.63) is 28.7 Å². The predicted octanol–water partition coefficient (Wildman–Crippen LogP) is 1.75. The predicted molar refractivity (Wildman–Crippen MR) is 48.4 cm³/mol. The van der Waals surface area contributed by atoms with E-state index in [9.17, 15) is 0 Å². The van der Waals surface area contributed by atoms with Crippen LogP contribution < -0.4 is 4.74 Å². The van der Waals surface area contributed by atoms with Gasteiger partial charge in [0.1, 0.15) is 5.75 Å². The Morgan fingerprint density at radius 2 is 2.00 bits per heavy atom. The molecule has 0 aliphatic carbocycles. The van der Waals surface area contributed by atoms with Crippen LogP contribution in [0.25, 0.3) is 0 Å². The van der Waals surface area contributed by atoms with E-state index < -0.39 is 0 Å². The van der Waals surface area contributed by atoms with Crippen LogP contribution in [0, 0.1) is 0 Å². The van der Waals surface area contributed by atoms with E-state index in [0.29, 0.717) is 5.75 Å². The highest BCUT2D eigenvalue weighted by Crippen LogP contribution is 2.19. The van der Waals surface area contributed by atoms with E-state index in [-0.39, 0.29) is 6.01 Å². The molecule has 0 aliphatic heterocycles. The number of nitrogens with zero attached hydrogens (tertiary/aromatic N) is 3. The van der Waals surface area contributed by atoms with Crippen LogP contribution in [-0.2, 0) is 0 Å². The molecule has 0 unspecified atom stereocenters. The zero-order valence-electron chi connectivity index (χ0n) is 6.44. The van der Waals surface area contributed by atoms with E-state index in [1.54, 1.807) is 12.1 Å². The highest BCUT2D eigenvalue weighted by molar-refractivity contribution is 9.10. The summed E-state index contributed by atoms with van der Waals surface area (Å²) in [5.74, 6) is 0.671. The number of halogens is 1. The molecule has 1 N–H and O–H groups in total. The van der Waals surface area contributed by atoms with Crippen LogP contribution in [0.15, 0.2) is 28.7 Å². The Balaban J connectivity index is 2.15. The van der Waals surface area contributed by atoms with Gasteiger partial charge in [0.15, 0.2) is 0 Å². The summed E-state index contributed by atoms with van der Waals surface area (Å²) in [7, 11) is 0. The number of aromatic nitrogens is 4. The second-order valence-corrected chi connectivity index (χ2v) is 3.17. The summed E-state index contributed by atoms with van der Waals surface area (Å²) < 4.78 is 6.23. The molecule has 1 aromatic carbocycles. The molecule has 66 valence electrons. The Labute approximate surface area is 82.2 Å². The minimum Gasteiger partial charge on any atom is -0.422 e. The topological polar surface area (TPSA) is 63.7 Å². The van der Waals surface area contributed by atoms with E-state index in [2.05, 4.69) is 36.6 Å². The monoisotopic (exact) mass is 240 g/mol. The summed E-state index contributed by atoms with van der Waals surface area (Å²) in [6.07, 6.45) is 0. The summed E-state index contributed by atoms with van der Waals surface area (Å²) in [6.45, 7) is 0. The molecule has 6 heteroatoms. The van der Waals surface area contributed by atoms with E-state index in [1.807, 2.05) is 12.1 Å². The average molecular weight is 241 g/mol. The smallest absolute Gasteiger partial charge is 0.361 e. The van der Waals surface area contributed by atoms with Crippen LogP contribution >= 0.6 is 15.9 Å². The maximum absolute atomic E-state index is 5.24. The molecule has 0 bridgehead atoms. The minimum absolute atomic E-state index is 0.210. The van der Waals surface area contributed by atoms with Gasteiger partial charge in [-0.1, -0.05) is 26.1 Å². The molecule has 13 heavy (non-hydrogen) atoms. The summed E-state index contributed by atoms with van der Waals surface area (Å²) in [6, 6.07) is 7.56. The quantitative estimate of drug-likeness (QED) is 0.869. The molecular weight excluding hydrogens is 236 g/mol. The highest BCUT2D eigenvalue weighted by atomic mass is 79.9.